The molecular weight excluding hydrogens is 388 g/mol. The number of nitrogens with zero attached hydrogens (tertiary/aromatic N) is 2. The first-order chi connectivity index (χ1) is 14.5. The second kappa shape index (κ2) is 6.69. The highest BCUT2D eigenvalue weighted by Crippen LogP contribution is 2.37. The van der Waals surface area contributed by atoms with Gasteiger partial charge in [-0.1, -0.05) is 6.92 Å². The zero-order chi connectivity index (χ0) is 21.0. The minimum atomic E-state index is -1.05. The largest absolute Gasteiger partial charge is 0.482 e. The van der Waals surface area contributed by atoms with Gasteiger partial charge in [0.25, 0.3) is 5.56 Å². The fourth-order valence-corrected chi connectivity index (χ4v) is 4.22. The first kappa shape index (κ1) is 18.4. The van der Waals surface area contributed by atoms with Gasteiger partial charge >= 0.3 is 11.9 Å². The number of aliphatic carboxylic acids is 1. The Morgan fingerprint density at radius 2 is 2.13 bits per heavy atom. The molecule has 0 fully saturated rings. The Bertz CT molecular complexity index is 1290. The second-order valence-electron chi connectivity index (χ2n) is 7.46. The molecule has 0 amide bonds. The van der Waals surface area contributed by atoms with Crippen molar-refractivity contribution in [3.8, 4) is 17.1 Å². The molecule has 1 atom stereocenters. The molecule has 1 aromatic carbocycles. The maximum absolute atomic E-state index is 13.1. The smallest absolute Gasteiger partial charge is 0.341 e. The lowest BCUT2D eigenvalue weighted by Gasteiger charge is -2.24. The first-order valence-corrected chi connectivity index (χ1v) is 9.68. The van der Waals surface area contributed by atoms with Gasteiger partial charge in [-0.2, -0.15) is 0 Å². The average molecular weight is 406 g/mol. The zero-order valence-corrected chi connectivity index (χ0v) is 16.2. The Hall–Kier alpha value is -3.68. The van der Waals surface area contributed by atoms with Gasteiger partial charge in [-0.05, 0) is 42.3 Å². The summed E-state index contributed by atoms with van der Waals surface area (Å²) in [6, 6.07) is 9.01. The number of aromatic nitrogens is 2. The molecule has 2 aromatic heterocycles. The molecule has 0 saturated heterocycles. The van der Waals surface area contributed by atoms with Gasteiger partial charge in [-0.25, -0.2) is 9.78 Å². The predicted molar refractivity (Wildman–Crippen MR) is 106 cm³/mol. The van der Waals surface area contributed by atoms with Crippen LogP contribution in [0.5, 0.6) is 5.75 Å². The van der Waals surface area contributed by atoms with Crippen LogP contribution < -0.4 is 10.3 Å². The van der Waals surface area contributed by atoms with Gasteiger partial charge in [0, 0.05) is 10.9 Å². The van der Waals surface area contributed by atoms with Gasteiger partial charge < -0.3 is 19.1 Å². The molecule has 3 aromatic rings. The highest BCUT2D eigenvalue weighted by Gasteiger charge is 2.33. The van der Waals surface area contributed by atoms with Crippen LogP contribution in [0.25, 0.3) is 22.3 Å². The van der Waals surface area contributed by atoms with Crippen molar-refractivity contribution in [2.24, 2.45) is 0 Å². The molecule has 5 rings (SSSR count). The van der Waals surface area contributed by atoms with Gasteiger partial charge in [-0.3, -0.25) is 9.59 Å². The van der Waals surface area contributed by atoms with Gasteiger partial charge in [0.15, 0.2) is 6.61 Å². The number of carboxylic acids is 1. The molecule has 0 saturated carbocycles. The van der Waals surface area contributed by atoms with Crippen LogP contribution in [0, 0.1) is 0 Å². The number of carbonyl (C=O) groups excluding carboxylic acids is 1. The molecule has 30 heavy (non-hydrogen) atoms. The average Bonchev–Trinajstić information content (AvgIpc) is 3.08. The summed E-state index contributed by atoms with van der Waals surface area (Å²) < 4.78 is 12.1. The van der Waals surface area contributed by atoms with Crippen molar-refractivity contribution in [1.82, 2.24) is 9.55 Å². The quantitative estimate of drug-likeness (QED) is 0.519. The van der Waals surface area contributed by atoms with Crippen molar-refractivity contribution in [3.05, 3.63) is 57.4 Å². The van der Waals surface area contributed by atoms with Crippen molar-refractivity contribution in [2.75, 3.05) is 6.61 Å². The predicted octanol–water partition coefficient (Wildman–Crippen LogP) is 2.44. The summed E-state index contributed by atoms with van der Waals surface area (Å²) in [7, 11) is 0. The van der Waals surface area contributed by atoms with Crippen molar-refractivity contribution in [3.63, 3.8) is 0 Å². The summed E-state index contributed by atoms with van der Waals surface area (Å²) in [5.74, 6) is -1.34. The van der Waals surface area contributed by atoms with Crippen molar-refractivity contribution in [2.45, 2.75) is 32.4 Å². The third kappa shape index (κ3) is 2.75. The standard InChI is InChI=1S/C22H18N2O6/c1-2-14-15-7-18-20-12(8-24(18)21(27)16(15)9-30-22(14)28)5-11-6-13(29-10-19(25)26)3-4-17(11)23-20/h3-7,14H,2,8-10H2,1H3,(H,25,26)/t14-/m1/s1. The van der Waals surface area contributed by atoms with Crippen LogP contribution in [0.2, 0.25) is 0 Å². The maximum atomic E-state index is 13.1. The zero-order valence-electron chi connectivity index (χ0n) is 16.2. The Morgan fingerprint density at radius 3 is 2.90 bits per heavy atom. The second-order valence-corrected chi connectivity index (χ2v) is 7.46. The van der Waals surface area contributed by atoms with Crippen LogP contribution in [0.3, 0.4) is 0 Å². The molecule has 152 valence electrons. The molecule has 0 unspecified atom stereocenters. The Kier molecular flexibility index (Phi) is 4.09. The molecule has 0 aliphatic carbocycles. The lowest BCUT2D eigenvalue weighted by atomic mass is 9.90. The molecule has 0 bridgehead atoms. The SMILES string of the molecule is CC[C@H]1C(=O)OCc2c1cc1n(c2=O)Cc2cc3cc(OCC(=O)O)ccc3nc2-1. The minimum Gasteiger partial charge on any atom is -0.482 e. The van der Waals surface area contributed by atoms with Gasteiger partial charge in [0.05, 0.1) is 34.9 Å². The van der Waals surface area contributed by atoms with Crippen LogP contribution in [-0.4, -0.2) is 33.2 Å². The third-order valence-electron chi connectivity index (χ3n) is 5.66. The van der Waals surface area contributed by atoms with Gasteiger partial charge in [-0.15, -0.1) is 0 Å². The number of fused-ring (bicyclic) bond motifs is 5. The van der Waals surface area contributed by atoms with E-state index in [9.17, 15) is 14.4 Å². The number of ether oxygens (including phenoxy) is 2. The van der Waals surface area contributed by atoms with E-state index in [-0.39, 0.29) is 18.1 Å². The Morgan fingerprint density at radius 1 is 1.30 bits per heavy atom. The van der Waals surface area contributed by atoms with Crippen LogP contribution >= 0.6 is 0 Å². The molecule has 0 radical (unpaired) electrons. The molecule has 2 aliphatic rings. The van der Waals surface area contributed by atoms with Crippen LogP contribution in [0.15, 0.2) is 35.1 Å². The Labute approximate surface area is 170 Å². The highest BCUT2D eigenvalue weighted by atomic mass is 16.5. The van der Waals surface area contributed by atoms with E-state index in [4.69, 9.17) is 19.6 Å². The maximum Gasteiger partial charge on any atom is 0.341 e. The van der Waals surface area contributed by atoms with Crippen LogP contribution in [0.4, 0.5) is 0 Å². The third-order valence-corrected chi connectivity index (χ3v) is 5.66. The summed E-state index contributed by atoms with van der Waals surface area (Å²) in [5.41, 5.74) is 4.13. The van der Waals surface area contributed by atoms with E-state index in [1.807, 2.05) is 19.1 Å². The first-order valence-electron chi connectivity index (χ1n) is 9.68. The summed E-state index contributed by atoms with van der Waals surface area (Å²) >= 11 is 0. The molecular formula is C22H18N2O6. The fourth-order valence-electron chi connectivity index (χ4n) is 4.22. The molecule has 2 aliphatic heterocycles. The summed E-state index contributed by atoms with van der Waals surface area (Å²) in [5, 5.41) is 9.58. The van der Waals surface area contributed by atoms with Crippen molar-refractivity contribution >= 4 is 22.8 Å². The molecule has 4 heterocycles. The fraction of sp³-hybridized carbons (Fsp3) is 0.273. The summed E-state index contributed by atoms with van der Waals surface area (Å²) in [6.45, 7) is 1.86. The summed E-state index contributed by atoms with van der Waals surface area (Å²) in [4.78, 5) is 40.7. The Balaban J connectivity index is 1.62. The van der Waals surface area contributed by atoms with Gasteiger partial charge in [0.1, 0.15) is 12.4 Å². The molecule has 8 nitrogen and oxygen atoms in total. The van der Waals surface area contributed by atoms with Gasteiger partial charge in [0.2, 0.25) is 0 Å². The number of pyridine rings is 2. The number of cyclic esters (lactones) is 1. The number of esters is 1. The molecule has 0 spiro atoms. The highest BCUT2D eigenvalue weighted by molar-refractivity contribution is 5.86. The number of carboxylic acid groups (broad SMARTS) is 1. The van der Waals surface area contributed by atoms with Crippen molar-refractivity contribution < 1.29 is 24.2 Å². The van der Waals surface area contributed by atoms with E-state index in [0.717, 1.165) is 22.2 Å². The number of hydrogen-bond donors (Lipinski definition) is 1. The number of hydrogen-bond acceptors (Lipinski definition) is 6. The topological polar surface area (TPSA) is 108 Å². The van der Waals surface area contributed by atoms with E-state index in [0.29, 0.717) is 35.5 Å². The van der Waals surface area contributed by atoms with E-state index in [1.54, 1.807) is 22.8 Å². The summed E-state index contributed by atoms with van der Waals surface area (Å²) in [6.07, 6.45) is 0.561. The normalized spacial score (nSPS) is 16.6. The number of carbonyl (C=O) groups is 2. The lowest BCUT2D eigenvalue weighted by molar-refractivity contribution is -0.148. The van der Waals surface area contributed by atoms with E-state index >= 15 is 0 Å². The minimum absolute atomic E-state index is 0.000193. The van der Waals surface area contributed by atoms with Crippen LogP contribution in [0.1, 0.15) is 36.0 Å². The lowest BCUT2D eigenvalue weighted by Crippen LogP contribution is -2.32. The van der Waals surface area contributed by atoms with E-state index in [2.05, 4.69) is 0 Å². The van der Waals surface area contributed by atoms with Crippen molar-refractivity contribution in [1.29, 1.82) is 0 Å². The van der Waals surface area contributed by atoms with E-state index in [1.165, 1.54) is 0 Å². The number of rotatable bonds is 4. The van der Waals surface area contributed by atoms with E-state index < -0.39 is 18.5 Å². The molecule has 8 heteroatoms. The molecule has 1 N–H and O–H groups in total. The van der Waals surface area contributed by atoms with Crippen LogP contribution in [-0.2, 0) is 27.5 Å². The monoisotopic (exact) mass is 406 g/mol. The number of benzene rings is 1.